The number of thiocarbonyl (C=S) groups is 1. The lowest BCUT2D eigenvalue weighted by molar-refractivity contribution is -0.151. The third-order valence-corrected chi connectivity index (χ3v) is 7.80. The van der Waals surface area contributed by atoms with Crippen LogP contribution in [0, 0.1) is 0 Å². The molecular formula is C23H25N5O7S2. The summed E-state index contributed by atoms with van der Waals surface area (Å²) in [7, 11) is 1.65. The third-order valence-electron chi connectivity index (χ3n) is 6.12. The van der Waals surface area contributed by atoms with Crippen LogP contribution in [0.5, 0.6) is 0 Å². The molecule has 3 heterocycles. The van der Waals surface area contributed by atoms with Crippen LogP contribution in [-0.2, 0) is 23.9 Å². The molecule has 196 valence electrons. The van der Waals surface area contributed by atoms with Gasteiger partial charge in [0, 0.05) is 38.4 Å². The monoisotopic (exact) mass is 547 g/mol. The highest BCUT2D eigenvalue weighted by Crippen LogP contribution is 2.40. The summed E-state index contributed by atoms with van der Waals surface area (Å²) in [6.45, 7) is 1.84. The molecule has 0 saturated carbocycles. The van der Waals surface area contributed by atoms with Crippen LogP contribution in [0.25, 0.3) is 0 Å². The zero-order chi connectivity index (χ0) is 26.9. The van der Waals surface area contributed by atoms with E-state index < -0.39 is 41.2 Å². The highest BCUT2D eigenvalue weighted by molar-refractivity contribution is 8.00. The van der Waals surface area contributed by atoms with Gasteiger partial charge in [0.15, 0.2) is 5.11 Å². The second-order valence-electron chi connectivity index (χ2n) is 8.58. The summed E-state index contributed by atoms with van der Waals surface area (Å²) in [6, 6.07) is 6.46. The molecule has 3 atom stereocenters. The normalized spacial score (nSPS) is 21.7. The summed E-state index contributed by atoms with van der Waals surface area (Å²) in [4.78, 5) is 65.8. The number of carboxylic acids is 1. The lowest BCUT2D eigenvalue weighted by atomic mass is 10.0. The summed E-state index contributed by atoms with van der Waals surface area (Å²) in [6.07, 6.45) is 0. The Labute approximate surface area is 222 Å². The second-order valence-corrected chi connectivity index (χ2v) is 10.1. The number of likely N-dealkylation sites (N-methyl/N-ethyl adjacent to an activating group) is 1. The molecular weight excluding hydrogens is 522 g/mol. The van der Waals surface area contributed by atoms with E-state index in [4.69, 9.17) is 17.0 Å². The number of carbonyl (C=O) groups excluding carboxylic acids is 4. The highest BCUT2D eigenvalue weighted by atomic mass is 32.2. The fourth-order valence-corrected chi connectivity index (χ4v) is 5.82. The number of carboxylic acid groups (broad SMARTS) is 1. The number of ether oxygens (including phenoxy) is 1. The molecule has 1 aromatic rings. The first kappa shape index (κ1) is 26.4. The zero-order valence-corrected chi connectivity index (χ0v) is 21.6. The number of fused-ring (bicyclic) bond motifs is 1. The van der Waals surface area contributed by atoms with Crippen molar-refractivity contribution in [2.45, 2.75) is 24.4 Å². The Bertz CT molecular complexity index is 1190. The number of aliphatic carboxylic acids is 1. The molecule has 2 saturated heterocycles. The molecule has 0 spiro atoms. The summed E-state index contributed by atoms with van der Waals surface area (Å²) >= 11 is 6.68. The van der Waals surface area contributed by atoms with Crippen molar-refractivity contribution in [3.05, 3.63) is 47.2 Å². The molecule has 37 heavy (non-hydrogen) atoms. The number of carbonyl (C=O) groups is 5. The van der Waals surface area contributed by atoms with Gasteiger partial charge in [-0.05, 0) is 17.8 Å². The molecule has 0 aliphatic carbocycles. The molecule has 3 N–H and O–H groups in total. The quantitative estimate of drug-likeness (QED) is 0.247. The van der Waals surface area contributed by atoms with Crippen LogP contribution in [0.2, 0.25) is 0 Å². The van der Waals surface area contributed by atoms with Crippen molar-refractivity contribution < 1.29 is 33.8 Å². The molecule has 12 nitrogen and oxygen atoms in total. The number of benzene rings is 1. The Morgan fingerprint density at radius 3 is 2.51 bits per heavy atom. The van der Waals surface area contributed by atoms with E-state index in [1.165, 1.54) is 28.5 Å². The highest BCUT2D eigenvalue weighted by Gasteiger charge is 2.54. The molecule has 0 bridgehead atoms. The lowest BCUT2D eigenvalue weighted by Crippen LogP contribution is -2.71. The summed E-state index contributed by atoms with van der Waals surface area (Å²) < 4.78 is 4.94. The average molecular weight is 548 g/mol. The van der Waals surface area contributed by atoms with Crippen molar-refractivity contribution in [1.29, 1.82) is 0 Å². The molecule has 1 aromatic carbocycles. The molecule has 0 aromatic heterocycles. The minimum atomic E-state index is -1.32. The van der Waals surface area contributed by atoms with E-state index in [0.717, 1.165) is 4.90 Å². The Morgan fingerprint density at radius 2 is 1.92 bits per heavy atom. The van der Waals surface area contributed by atoms with Crippen LogP contribution in [0.1, 0.15) is 18.5 Å². The Kier molecular flexibility index (Phi) is 7.68. The Hall–Kier alpha value is -3.65. The van der Waals surface area contributed by atoms with Crippen molar-refractivity contribution in [1.82, 2.24) is 25.3 Å². The van der Waals surface area contributed by atoms with Crippen LogP contribution >= 0.6 is 24.0 Å². The second kappa shape index (κ2) is 10.8. The molecule has 14 heteroatoms. The van der Waals surface area contributed by atoms with E-state index in [2.05, 4.69) is 10.6 Å². The van der Waals surface area contributed by atoms with Gasteiger partial charge < -0.3 is 25.4 Å². The van der Waals surface area contributed by atoms with Gasteiger partial charge in [0.05, 0.1) is 0 Å². The molecule has 3 aliphatic rings. The third kappa shape index (κ3) is 5.25. The number of esters is 1. The molecule has 4 amide bonds. The van der Waals surface area contributed by atoms with Gasteiger partial charge in [-0.25, -0.2) is 9.59 Å². The maximum absolute atomic E-state index is 13.4. The van der Waals surface area contributed by atoms with Gasteiger partial charge in [0.2, 0.25) is 5.91 Å². The molecule has 0 radical (unpaired) electrons. The van der Waals surface area contributed by atoms with Gasteiger partial charge in [-0.15, -0.1) is 11.8 Å². The Morgan fingerprint density at radius 1 is 1.22 bits per heavy atom. The smallest absolute Gasteiger partial charge is 0.352 e. The summed E-state index contributed by atoms with van der Waals surface area (Å²) in [5, 5.41) is 14.8. The standard InChI is InChI=1S/C23H25N5O7S2/c1-12(29)35-10-14-11-37-20-16(19(31)28(20)17(14)21(32)33)24-18(30)15(13-6-4-3-5-7-13)25-22(36)27-9-8-26(2)23(27)34/h3-7,15-16,20H,8-11H2,1-2H3,(H,24,30)(H,25,36)(H,32,33)/t15?,16?,20-/m0/s1. The Balaban J connectivity index is 1.50. The number of hydrogen-bond donors (Lipinski definition) is 3. The number of amides is 4. The fourth-order valence-electron chi connectivity index (χ4n) is 4.20. The van der Waals surface area contributed by atoms with Crippen molar-refractivity contribution in [2.75, 3.05) is 32.5 Å². The number of thioether (sulfide) groups is 1. The predicted molar refractivity (Wildman–Crippen MR) is 136 cm³/mol. The van der Waals surface area contributed by atoms with E-state index in [1.807, 2.05) is 0 Å². The first-order valence-corrected chi connectivity index (χ1v) is 12.8. The summed E-state index contributed by atoms with van der Waals surface area (Å²) in [5.74, 6) is -2.82. The van der Waals surface area contributed by atoms with Gasteiger partial charge in [0.1, 0.15) is 29.8 Å². The van der Waals surface area contributed by atoms with Gasteiger partial charge in [-0.2, -0.15) is 0 Å². The van der Waals surface area contributed by atoms with E-state index in [0.29, 0.717) is 24.2 Å². The van der Waals surface area contributed by atoms with Crippen molar-refractivity contribution in [3.63, 3.8) is 0 Å². The van der Waals surface area contributed by atoms with Gasteiger partial charge in [-0.1, -0.05) is 30.3 Å². The summed E-state index contributed by atoms with van der Waals surface area (Å²) in [5.41, 5.74) is 0.629. The van der Waals surface area contributed by atoms with Gasteiger partial charge in [-0.3, -0.25) is 24.2 Å². The maximum Gasteiger partial charge on any atom is 0.352 e. The van der Waals surface area contributed by atoms with Crippen LogP contribution in [0.15, 0.2) is 41.6 Å². The van der Waals surface area contributed by atoms with E-state index in [9.17, 15) is 29.1 Å². The van der Waals surface area contributed by atoms with E-state index in [1.54, 1.807) is 37.4 Å². The number of nitrogens with zero attached hydrogens (tertiary/aromatic N) is 3. The van der Waals surface area contributed by atoms with Crippen LogP contribution < -0.4 is 10.6 Å². The SMILES string of the molecule is CC(=O)OCC1=C(C(=O)O)N2C(=O)C(NC(=O)C(NC(=S)N3CCN(C)C3=O)c3ccccc3)[C@@H]2SC1. The van der Waals surface area contributed by atoms with Crippen LogP contribution in [0.4, 0.5) is 4.79 Å². The maximum atomic E-state index is 13.4. The molecule has 2 unspecified atom stereocenters. The zero-order valence-electron chi connectivity index (χ0n) is 20.0. The van der Waals surface area contributed by atoms with Crippen molar-refractivity contribution in [2.24, 2.45) is 0 Å². The first-order chi connectivity index (χ1) is 17.6. The van der Waals surface area contributed by atoms with Gasteiger partial charge >= 0.3 is 18.0 Å². The number of rotatable bonds is 7. The van der Waals surface area contributed by atoms with E-state index in [-0.39, 0.29) is 29.2 Å². The molecule has 3 aliphatic heterocycles. The fraction of sp³-hybridized carbons (Fsp3) is 0.391. The number of nitrogens with one attached hydrogen (secondary N) is 2. The van der Waals surface area contributed by atoms with E-state index >= 15 is 0 Å². The van der Waals surface area contributed by atoms with Crippen LogP contribution in [0.3, 0.4) is 0 Å². The average Bonchev–Trinajstić information content (AvgIpc) is 3.21. The topological polar surface area (TPSA) is 149 Å². The number of β-lactam (4-membered cyclic amide) rings is 1. The van der Waals surface area contributed by atoms with Crippen molar-refractivity contribution >= 4 is 58.9 Å². The van der Waals surface area contributed by atoms with Gasteiger partial charge in [0.25, 0.3) is 5.91 Å². The number of urea groups is 1. The lowest BCUT2D eigenvalue weighted by Gasteiger charge is -2.49. The number of hydrogen-bond acceptors (Lipinski definition) is 8. The molecule has 2 fully saturated rings. The predicted octanol–water partition coefficient (Wildman–Crippen LogP) is 0.271. The first-order valence-electron chi connectivity index (χ1n) is 11.3. The minimum absolute atomic E-state index is 0.0816. The van der Waals surface area contributed by atoms with Crippen molar-refractivity contribution in [3.8, 4) is 0 Å². The molecule has 4 rings (SSSR count). The minimum Gasteiger partial charge on any atom is -0.477 e. The van der Waals surface area contributed by atoms with Crippen LogP contribution in [-0.4, -0.2) is 98.6 Å². The largest absolute Gasteiger partial charge is 0.477 e.